The molecular formula is C22H28N2O. The van der Waals surface area contributed by atoms with Gasteiger partial charge in [0.15, 0.2) is 0 Å². The first-order chi connectivity index (χ1) is 11.8. The van der Waals surface area contributed by atoms with Gasteiger partial charge in [0.05, 0.1) is 22.5 Å². The van der Waals surface area contributed by atoms with E-state index in [1.54, 1.807) is 0 Å². The Kier molecular flexibility index (Phi) is 4.79. The Hall–Kier alpha value is -2.00. The Labute approximate surface area is 150 Å². The van der Waals surface area contributed by atoms with E-state index in [4.69, 9.17) is 9.98 Å². The van der Waals surface area contributed by atoms with Crippen LogP contribution in [-0.2, 0) is 0 Å². The SMILES string of the molecule is C=C(C)c1nc2ccccc2c2c1N=C(CCCC)C2CC(C)(C)O. The van der Waals surface area contributed by atoms with Crippen molar-refractivity contribution in [1.82, 2.24) is 4.98 Å². The number of allylic oxidation sites excluding steroid dienone is 1. The summed E-state index contributed by atoms with van der Waals surface area (Å²) in [5, 5.41) is 11.7. The van der Waals surface area contributed by atoms with Gasteiger partial charge in [-0.05, 0) is 57.2 Å². The van der Waals surface area contributed by atoms with Crippen LogP contribution in [0.2, 0.25) is 0 Å². The van der Waals surface area contributed by atoms with Crippen LogP contribution in [0.1, 0.15) is 70.6 Å². The van der Waals surface area contributed by atoms with Crippen molar-refractivity contribution in [1.29, 1.82) is 0 Å². The van der Waals surface area contributed by atoms with Crippen molar-refractivity contribution >= 4 is 27.9 Å². The van der Waals surface area contributed by atoms with Gasteiger partial charge in [0.2, 0.25) is 0 Å². The van der Waals surface area contributed by atoms with Gasteiger partial charge in [0, 0.05) is 17.0 Å². The van der Waals surface area contributed by atoms with Crippen LogP contribution < -0.4 is 0 Å². The number of aliphatic hydroxyl groups is 1. The topological polar surface area (TPSA) is 45.5 Å². The fourth-order valence-corrected chi connectivity index (χ4v) is 3.69. The highest BCUT2D eigenvalue weighted by Crippen LogP contribution is 2.47. The lowest BCUT2D eigenvalue weighted by Gasteiger charge is -2.25. The van der Waals surface area contributed by atoms with Gasteiger partial charge in [-0.3, -0.25) is 4.99 Å². The van der Waals surface area contributed by atoms with Crippen LogP contribution in [-0.4, -0.2) is 21.4 Å². The van der Waals surface area contributed by atoms with Crippen LogP contribution in [0.5, 0.6) is 0 Å². The molecule has 3 nitrogen and oxygen atoms in total. The predicted molar refractivity (Wildman–Crippen MR) is 107 cm³/mol. The Bertz CT molecular complexity index is 843. The summed E-state index contributed by atoms with van der Waals surface area (Å²) in [5.41, 5.74) is 5.42. The molecule has 0 radical (unpaired) electrons. The fourth-order valence-electron chi connectivity index (χ4n) is 3.69. The van der Waals surface area contributed by atoms with E-state index in [1.807, 2.05) is 32.9 Å². The Morgan fingerprint density at radius 2 is 2.00 bits per heavy atom. The minimum absolute atomic E-state index is 0.146. The van der Waals surface area contributed by atoms with Crippen LogP contribution in [0.4, 0.5) is 5.69 Å². The van der Waals surface area contributed by atoms with Crippen LogP contribution in [0.25, 0.3) is 16.5 Å². The van der Waals surface area contributed by atoms with Gasteiger partial charge in [-0.15, -0.1) is 0 Å². The van der Waals surface area contributed by atoms with Crippen molar-refractivity contribution in [2.75, 3.05) is 0 Å². The zero-order valence-electron chi connectivity index (χ0n) is 15.8. The number of aromatic nitrogens is 1. The number of aliphatic imine (C=N–C) groups is 1. The zero-order valence-corrected chi connectivity index (χ0v) is 15.8. The van der Waals surface area contributed by atoms with Crippen LogP contribution in [0.15, 0.2) is 35.8 Å². The molecule has 3 heteroatoms. The molecule has 132 valence electrons. The van der Waals surface area contributed by atoms with E-state index < -0.39 is 5.60 Å². The number of benzene rings is 1. The molecule has 2 aromatic rings. The molecule has 0 bridgehead atoms. The van der Waals surface area contributed by atoms with Crippen LogP contribution in [0.3, 0.4) is 0 Å². The number of rotatable bonds is 6. The second-order valence-corrected chi connectivity index (χ2v) is 7.80. The van der Waals surface area contributed by atoms with E-state index in [2.05, 4.69) is 25.6 Å². The maximum absolute atomic E-state index is 10.5. The molecule has 1 aromatic heterocycles. The number of nitrogens with zero attached hydrogens (tertiary/aromatic N) is 2. The molecule has 2 heterocycles. The Balaban J connectivity index is 2.23. The van der Waals surface area contributed by atoms with E-state index >= 15 is 0 Å². The van der Waals surface area contributed by atoms with Gasteiger partial charge >= 0.3 is 0 Å². The molecule has 0 amide bonds. The summed E-state index contributed by atoms with van der Waals surface area (Å²) < 4.78 is 0. The van der Waals surface area contributed by atoms with Crippen molar-refractivity contribution in [3.8, 4) is 0 Å². The summed E-state index contributed by atoms with van der Waals surface area (Å²) in [6.07, 6.45) is 3.89. The summed E-state index contributed by atoms with van der Waals surface area (Å²) in [5.74, 6) is 0.146. The lowest BCUT2D eigenvalue weighted by molar-refractivity contribution is 0.0690. The molecule has 0 aliphatic carbocycles. The van der Waals surface area contributed by atoms with Gasteiger partial charge in [0.1, 0.15) is 0 Å². The second kappa shape index (κ2) is 6.72. The minimum Gasteiger partial charge on any atom is -0.390 e. The molecule has 0 fully saturated rings. The Morgan fingerprint density at radius 3 is 2.64 bits per heavy atom. The summed E-state index contributed by atoms with van der Waals surface area (Å²) in [6, 6.07) is 8.24. The normalized spacial score (nSPS) is 16.8. The van der Waals surface area contributed by atoms with Gasteiger partial charge in [-0.25, -0.2) is 4.98 Å². The van der Waals surface area contributed by atoms with E-state index in [0.717, 1.165) is 47.1 Å². The van der Waals surface area contributed by atoms with Gasteiger partial charge in [-0.2, -0.15) is 0 Å². The molecule has 1 aliphatic heterocycles. The first-order valence-corrected chi connectivity index (χ1v) is 9.20. The summed E-state index contributed by atoms with van der Waals surface area (Å²) in [6.45, 7) is 12.1. The highest BCUT2D eigenvalue weighted by molar-refractivity contribution is 6.05. The summed E-state index contributed by atoms with van der Waals surface area (Å²) >= 11 is 0. The van der Waals surface area contributed by atoms with Gasteiger partial charge in [-0.1, -0.05) is 38.1 Å². The molecule has 1 atom stereocenters. The second-order valence-electron chi connectivity index (χ2n) is 7.80. The number of pyridine rings is 1. The number of fused-ring (bicyclic) bond motifs is 3. The monoisotopic (exact) mass is 336 g/mol. The molecule has 0 spiro atoms. The third-order valence-corrected chi connectivity index (χ3v) is 4.81. The highest BCUT2D eigenvalue weighted by atomic mass is 16.3. The van der Waals surface area contributed by atoms with Crippen molar-refractivity contribution in [2.45, 2.75) is 64.9 Å². The molecular weight excluding hydrogens is 308 g/mol. The highest BCUT2D eigenvalue weighted by Gasteiger charge is 2.34. The third-order valence-electron chi connectivity index (χ3n) is 4.81. The minimum atomic E-state index is -0.743. The van der Waals surface area contributed by atoms with Crippen LogP contribution >= 0.6 is 0 Å². The maximum Gasteiger partial charge on any atom is 0.0933 e. The molecule has 0 saturated carbocycles. The number of unbranched alkanes of at least 4 members (excludes halogenated alkanes) is 1. The lowest BCUT2D eigenvalue weighted by Crippen LogP contribution is -2.25. The number of hydrogen-bond donors (Lipinski definition) is 1. The predicted octanol–water partition coefficient (Wildman–Crippen LogP) is 5.79. The number of para-hydroxylation sites is 1. The molecule has 25 heavy (non-hydrogen) atoms. The Morgan fingerprint density at radius 1 is 1.28 bits per heavy atom. The first-order valence-electron chi connectivity index (χ1n) is 9.20. The quantitative estimate of drug-likeness (QED) is 0.725. The first kappa shape index (κ1) is 17.8. The van der Waals surface area contributed by atoms with E-state index in [0.29, 0.717) is 6.42 Å². The van der Waals surface area contributed by atoms with Crippen LogP contribution in [0, 0.1) is 0 Å². The lowest BCUT2D eigenvalue weighted by atomic mass is 9.82. The fraction of sp³-hybridized carbons (Fsp3) is 0.455. The van der Waals surface area contributed by atoms with Crippen molar-refractivity contribution in [3.63, 3.8) is 0 Å². The maximum atomic E-state index is 10.5. The van der Waals surface area contributed by atoms with E-state index in [1.165, 1.54) is 11.3 Å². The third kappa shape index (κ3) is 3.52. The van der Waals surface area contributed by atoms with Crippen molar-refractivity contribution in [3.05, 3.63) is 42.1 Å². The smallest absolute Gasteiger partial charge is 0.0933 e. The van der Waals surface area contributed by atoms with Gasteiger partial charge < -0.3 is 5.11 Å². The van der Waals surface area contributed by atoms with E-state index in [9.17, 15) is 5.11 Å². The largest absolute Gasteiger partial charge is 0.390 e. The molecule has 1 N–H and O–H groups in total. The zero-order chi connectivity index (χ0) is 18.2. The van der Waals surface area contributed by atoms with Crippen molar-refractivity contribution in [2.24, 2.45) is 4.99 Å². The van der Waals surface area contributed by atoms with Crippen molar-refractivity contribution < 1.29 is 5.11 Å². The summed E-state index contributed by atoms with van der Waals surface area (Å²) in [4.78, 5) is 9.83. The molecule has 1 aromatic carbocycles. The summed E-state index contributed by atoms with van der Waals surface area (Å²) in [7, 11) is 0. The average Bonchev–Trinajstić information content (AvgIpc) is 2.88. The molecule has 3 rings (SSSR count). The standard InChI is InChI=1S/C22H28N2O/c1-6-7-11-18-16(13-22(4,5)25)19-15-10-8-9-12-17(15)23-20(14(2)3)21(19)24-18/h8-10,12,16,25H,2,6-7,11,13H2,1,3-5H3. The van der Waals surface area contributed by atoms with Gasteiger partial charge in [0.25, 0.3) is 0 Å². The van der Waals surface area contributed by atoms with E-state index in [-0.39, 0.29) is 5.92 Å². The number of hydrogen-bond acceptors (Lipinski definition) is 3. The molecule has 1 aliphatic rings. The molecule has 1 unspecified atom stereocenters. The average molecular weight is 336 g/mol. The molecule has 0 saturated heterocycles.